The summed E-state index contributed by atoms with van der Waals surface area (Å²) in [5, 5.41) is 6.53. The first-order valence-corrected chi connectivity index (χ1v) is 11.6. The predicted molar refractivity (Wildman–Crippen MR) is 132 cm³/mol. The Morgan fingerprint density at radius 1 is 1.06 bits per heavy atom. The first-order chi connectivity index (χ1) is 16.4. The van der Waals surface area contributed by atoms with Gasteiger partial charge in [0.25, 0.3) is 0 Å². The molecule has 0 saturated heterocycles. The number of furan rings is 1. The number of hydrogen-bond acceptors (Lipinski definition) is 5. The van der Waals surface area contributed by atoms with Crippen LogP contribution in [0.15, 0.2) is 88.7 Å². The van der Waals surface area contributed by atoms with Gasteiger partial charge in [-0.05, 0) is 41.7 Å². The molecule has 2 heterocycles. The predicted octanol–water partition coefficient (Wildman–Crippen LogP) is 5.21. The topological polar surface area (TPSA) is 74.6 Å². The normalized spacial score (nSPS) is 19.1. The van der Waals surface area contributed by atoms with Gasteiger partial charge < -0.3 is 20.0 Å². The highest BCUT2D eigenvalue weighted by Crippen LogP contribution is 2.48. The van der Waals surface area contributed by atoms with Gasteiger partial charge in [0.15, 0.2) is 5.78 Å². The maximum Gasteiger partial charge on any atom is 0.239 e. The number of fused-ring (bicyclic) bond motifs is 1. The lowest BCUT2D eigenvalue weighted by atomic mass is 9.73. The number of Topliss-reactive ketones (excluding diaryl/α,β-unsaturated/α-hetero) is 1. The van der Waals surface area contributed by atoms with Crippen LogP contribution in [0.3, 0.4) is 0 Å². The van der Waals surface area contributed by atoms with Crippen LogP contribution in [0.25, 0.3) is 0 Å². The first-order valence-electron chi connectivity index (χ1n) is 11.6. The Hall–Kier alpha value is -3.80. The average molecular weight is 456 g/mol. The second-order valence-electron chi connectivity index (χ2n) is 9.77. The number of carbonyl (C=O) groups is 2. The van der Waals surface area contributed by atoms with Gasteiger partial charge in [-0.25, -0.2) is 0 Å². The molecule has 6 nitrogen and oxygen atoms in total. The number of para-hydroxylation sites is 2. The van der Waals surface area contributed by atoms with Gasteiger partial charge in [0.05, 0.1) is 36.8 Å². The minimum Gasteiger partial charge on any atom is -0.467 e. The molecule has 5 rings (SSSR count). The Morgan fingerprint density at radius 2 is 1.82 bits per heavy atom. The van der Waals surface area contributed by atoms with Gasteiger partial charge in [-0.2, -0.15) is 0 Å². The maximum absolute atomic E-state index is 13.6. The SMILES string of the molecule is CC1(C)CC(=O)C2=C(C1)Nc1ccccc1N(CC(=O)NCc1ccco1)C2c1ccccc1. The number of benzene rings is 2. The molecule has 1 amide bonds. The molecular formula is C28H29N3O3. The number of allylic oxidation sites excluding steroid dienone is 1. The Bertz CT molecular complexity index is 1230. The molecular weight excluding hydrogens is 426 g/mol. The van der Waals surface area contributed by atoms with Gasteiger partial charge in [-0.1, -0.05) is 56.3 Å². The Morgan fingerprint density at radius 3 is 2.59 bits per heavy atom. The summed E-state index contributed by atoms with van der Waals surface area (Å²) in [5.74, 6) is 0.682. The molecule has 34 heavy (non-hydrogen) atoms. The molecule has 1 unspecified atom stereocenters. The Kier molecular flexibility index (Phi) is 5.74. The highest BCUT2D eigenvalue weighted by molar-refractivity contribution is 6.01. The third kappa shape index (κ3) is 4.36. The molecule has 0 spiro atoms. The van der Waals surface area contributed by atoms with E-state index in [-0.39, 0.29) is 29.7 Å². The summed E-state index contributed by atoms with van der Waals surface area (Å²) in [6, 6.07) is 21.2. The van der Waals surface area contributed by atoms with E-state index >= 15 is 0 Å². The summed E-state index contributed by atoms with van der Waals surface area (Å²) in [6.45, 7) is 4.68. The van der Waals surface area contributed by atoms with E-state index in [0.29, 0.717) is 18.7 Å². The summed E-state index contributed by atoms with van der Waals surface area (Å²) in [6.07, 6.45) is 2.84. The number of amides is 1. The Balaban J connectivity index is 1.59. The van der Waals surface area contributed by atoms with E-state index in [9.17, 15) is 9.59 Å². The molecule has 1 atom stereocenters. The van der Waals surface area contributed by atoms with Crippen molar-refractivity contribution >= 4 is 23.1 Å². The summed E-state index contributed by atoms with van der Waals surface area (Å²) >= 11 is 0. The van der Waals surface area contributed by atoms with Gasteiger partial charge in [0.2, 0.25) is 5.91 Å². The van der Waals surface area contributed by atoms with Crippen LogP contribution < -0.4 is 15.5 Å². The molecule has 1 aliphatic heterocycles. The standard InChI is InChI=1S/C28H29N3O3/c1-28(2)15-22-26(24(32)16-28)27(19-9-4-3-5-10-19)31(23-13-7-6-12-21(23)30-22)18-25(33)29-17-20-11-8-14-34-20/h3-14,27,30H,15-18H2,1-2H3,(H,29,33). The van der Waals surface area contributed by atoms with Gasteiger partial charge >= 0.3 is 0 Å². The van der Waals surface area contributed by atoms with Crippen LogP contribution in [0, 0.1) is 5.41 Å². The number of rotatable bonds is 5. The molecule has 174 valence electrons. The van der Waals surface area contributed by atoms with E-state index < -0.39 is 0 Å². The van der Waals surface area contributed by atoms with E-state index in [1.165, 1.54) is 0 Å². The molecule has 1 aliphatic carbocycles. The molecule has 0 radical (unpaired) electrons. The third-order valence-corrected chi connectivity index (χ3v) is 6.47. The van der Waals surface area contributed by atoms with E-state index in [1.54, 1.807) is 12.3 Å². The Labute approximate surface area is 199 Å². The van der Waals surface area contributed by atoms with Crippen LogP contribution in [0.1, 0.15) is 44.1 Å². The van der Waals surface area contributed by atoms with Crippen molar-refractivity contribution in [3.05, 3.63) is 95.6 Å². The number of nitrogens with one attached hydrogen (secondary N) is 2. The van der Waals surface area contributed by atoms with E-state index in [1.807, 2.05) is 65.6 Å². The molecule has 2 aromatic carbocycles. The zero-order valence-electron chi connectivity index (χ0n) is 19.5. The third-order valence-electron chi connectivity index (χ3n) is 6.47. The molecule has 1 aromatic heterocycles. The largest absolute Gasteiger partial charge is 0.467 e. The van der Waals surface area contributed by atoms with Crippen molar-refractivity contribution in [3.63, 3.8) is 0 Å². The maximum atomic E-state index is 13.6. The van der Waals surface area contributed by atoms with Crippen molar-refractivity contribution < 1.29 is 14.0 Å². The molecule has 2 aliphatic rings. The molecule has 3 aromatic rings. The van der Waals surface area contributed by atoms with Crippen molar-refractivity contribution in [3.8, 4) is 0 Å². The van der Waals surface area contributed by atoms with Gasteiger partial charge in [-0.15, -0.1) is 0 Å². The summed E-state index contributed by atoms with van der Waals surface area (Å²) in [4.78, 5) is 28.8. The number of carbonyl (C=O) groups excluding carboxylic acids is 2. The summed E-state index contributed by atoms with van der Waals surface area (Å²) in [7, 11) is 0. The van der Waals surface area contributed by atoms with Crippen LogP contribution in [0.4, 0.5) is 11.4 Å². The number of anilines is 2. The fourth-order valence-corrected chi connectivity index (χ4v) is 5.02. The van der Waals surface area contributed by atoms with Gasteiger partial charge in [-0.3, -0.25) is 9.59 Å². The van der Waals surface area contributed by atoms with Crippen molar-refractivity contribution in [2.24, 2.45) is 5.41 Å². The fraction of sp³-hybridized carbons (Fsp3) is 0.286. The number of ketones is 1. The van der Waals surface area contributed by atoms with E-state index in [4.69, 9.17) is 4.42 Å². The van der Waals surface area contributed by atoms with Crippen molar-refractivity contribution in [1.82, 2.24) is 5.32 Å². The molecule has 6 heteroatoms. The monoisotopic (exact) mass is 455 g/mol. The van der Waals surface area contributed by atoms with E-state index in [0.717, 1.165) is 34.6 Å². The van der Waals surface area contributed by atoms with Crippen LogP contribution in [0.5, 0.6) is 0 Å². The van der Waals surface area contributed by atoms with Crippen molar-refractivity contribution in [2.45, 2.75) is 39.3 Å². The minimum absolute atomic E-state index is 0.104. The first kappa shape index (κ1) is 22.0. The zero-order valence-corrected chi connectivity index (χ0v) is 19.5. The molecule has 0 fully saturated rings. The van der Waals surface area contributed by atoms with Gasteiger partial charge in [0.1, 0.15) is 5.76 Å². The fourth-order valence-electron chi connectivity index (χ4n) is 5.02. The van der Waals surface area contributed by atoms with Crippen LogP contribution in [-0.4, -0.2) is 18.2 Å². The van der Waals surface area contributed by atoms with Crippen molar-refractivity contribution in [2.75, 3.05) is 16.8 Å². The lowest BCUT2D eigenvalue weighted by molar-refractivity contribution is -0.121. The summed E-state index contributed by atoms with van der Waals surface area (Å²) in [5.41, 5.74) is 4.35. The molecule has 2 N–H and O–H groups in total. The average Bonchev–Trinajstić information content (AvgIpc) is 3.29. The zero-order chi connectivity index (χ0) is 23.7. The highest BCUT2D eigenvalue weighted by Gasteiger charge is 2.41. The van der Waals surface area contributed by atoms with Gasteiger partial charge in [0, 0.05) is 17.7 Å². The number of hydrogen-bond donors (Lipinski definition) is 2. The number of nitrogens with zero attached hydrogens (tertiary/aromatic N) is 1. The minimum atomic E-state index is -0.370. The second kappa shape index (κ2) is 8.86. The summed E-state index contributed by atoms with van der Waals surface area (Å²) < 4.78 is 5.35. The smallest absolute Gasteiger partial charge is 0.239 e. The quantitative estimate of drug-likeness (QED) is 0.552. The van der Waals surface area contributed by atoms with Crippen LogP contribution in [0.2, 0.25) is 0 Å². The molecule has 0 bridgehead atoms. The van der Waals surface area contributed by atoms with Crippen LogP contribution >= 0.6 is 0 Å². The van der Waals surface area contributed by atoms with Crippen molar-refractivity contribution in [1.29, 1.82) is 0 Å². The highest BCUT2D eigenvalue weighted by atomic mass is 16.3. The lowest BCUT2D eigenvalue weighted by Crippen LogP contribution is -2.41. The lowest BCUT2D eigenvalue weighted by Gasteiger charge is -2.37. The van der Waals surface area contributed by atoms with Crippen LogP contribution in [-0.2, 0) is 16.1 Å². The molecule has 0 saturated carbocycles. The van der Waals surface area contributed by atoms with E-state index in [2.05, 4.69) is 24.5 Å². The second-order valence-corrected chi connectivity index (χ2v) is 9.77.